The average molecular weight is 482 g/mol. The number of hydrogen-bond donors (Lipinski definition) is 0. The van der Waals surface area contributed by atoms with Gasteiger partial charge in [-0.15, -0.1) is 0 Å². The van der Waals surface area contributed by atoms with E-state index in [1.807, 2.05) is 78.9 Å². The van der Waals surface area contributed by atoms with Crippen molar-refractivity contribution in [3.8, 4) is 0 Å². The highest BCUT2D eigenvalue weighted by atomic mass is 16.7. The number of nitrogens with zero attached hydrogens (tertiary/aromatic N) is 1. The van der Waals surface area contributed by atoms with Crippen molar-refractivity contribution in [1.29, 1.82) is 0 Å². The Morgan fingerprint density at radius 3 is 1.89 bits per heavy atom. The molecule has 5 nitrogen and oxygen atoms in total. The summed E-state index contributed by atoms with van der Waals surface area (Å²) >= 11 is 0. The lowest BCUT2D eigenvalue weighted by molar-refractivity contribution is -0.481. The number of rotatable bonds is 7. The molecule has 0 N–H and O–H groups in total. The summed E-state index contributed by atoms with van der Waals surface area (Å²) in [7, 11) is 0. The molecule has 1 aliphatic rings. The van der Waals surface area contributed by atoms with Gasteiger partial charge >= 0.3 is 0 Å². The van der Waals surface area contributed by atoms with Crippen LogP contribution in [0.3, 0.4) is 0 Å². The molecule has 3 atom stereocenters. The van der Waals surface area contributed by atoms with E-state index in [0.29, 0.717) is 0 Å². The van der Waals surface area contributed by atoms with E-state index in [1.165, 1.54) is 0 Å². The van der Waals surface area contributed by atoms with Crippen molar-refractivity contribution in [2.45, 2.75) is 51.1 Å². The van der Waals surface area contributed by atoms with Crippen LogP contribution in [0.2, 0.25) is 0 Å². The third-order valence-corrected chi connectivity index (χ3v) is 7.16. The highest BCUT2D eigenvalue weighted by Crippen LogP contribution is 2.44. The van der Waals surface area contributed by atoms with Gasteiger partial charge in [-0.25, -0.2) is 0 Å². The standard InChI is InChI=1S/C31H31NO4/c1-3-29-25-16-8-9-17-26(25)30(4-2)36-31(35-29)27-18-10-7-15-24(27)28(20-32(33)34)23-19-11-13-21-12-5-6-14-22(21)23/h5-19,28-31H,3-4,20H2,1-2H3/t28-,29-,30-/m0/s1. The van der Waals surface area contributed by atoms with Crippen LogP contribution in [0.1, 0.15) is 78.9 Å². The fourth-order valence-corrected chi connectivity index (χ4v) is 5.46. The van der Waals surface area contributed by atoms with Gasteiger partial charge in [0.25, 0.3) is 0 Å². The zero-order chi connectivity index (χ0) is 25.1. The third kappa shape index (κ3) is 4.64. The van der Waals surface area contributed by atoms with E-state index in [-0.39, 0.29) is 23.7 Å². The van der Waals surface area contributed by atoms with E-state index in [0.717, 1.165) is 51.4 Å². The van der Waals surface area contributed by atoms with Gasteiger partial charge in [-0.3, -0.25) is 10.1 Å². The van der Waals surface area contributed by atoms with Gasteiger partial charge in [0.15, 0.2) is 6.29 Å². The summed E-state index contributed by atoms with van der Waals surface area (Å²) in [6.45, 7) is 4.01. The molecule has 5 heteroatoms. The van der Waals surface area contributed by atoms with Gasteiger partial charge in [-0.2, -0.15) is 0 Å². The molecule has 0 fully saturated rings. The Morgan fingerprint density at radius 1 is 0.722 bits per heavy atom. The van der Waals surface area contributed by atoms with Crippen molar-refractivity contribution in [2.75, 3.05) is 6.54 Å². The number of fused-ring (bicyclic) bond motifs is 2. The predicted molar refractivity (Wildman–Crippen MR) is 142 cm³/mol. The van der Waals surface area contributed by atoms with Crippen molar-refractivity contribution in [2.24, 2.45) is 0 Å². The van der Waals surface area contributed by atoms with Gasteiger partial charge in [-0.05, 0) is 45.9 Å². The second-order valence-corrected chi connectivity index (χ2v) is 9.29. The second kappa shape index (κ2) is 10.6. The maximum Gasteiger partial charge on any atom is 0.214 e. The lowest BCUT2D eigenvalue weighted by Gasteiger charge is -2.27. The first-order valence-corrected chi connectivity index (χ1v) is 12.7. The van der Waals surface area contributed by atoms with E-state index in [4.69, 9.17) is 9.47 Å². The van der Waals surface area contributed by atoms with Crippen LogP contribution in [-0.4, -0.2) is 11.5 Å². The highest BCUT2D eigenvalue weighted by molar-refractivity contribution is 5.86. The van der Waals surface area contributed by atoms with Gasteiger partial charge in [0.2, 0.25) is 6.54 Å². The maximum absolute atomic E-state index is 11.9. The molecule has 184 valence electrons. The molecule has 5 rings (SSSR count). The van der Waals surface area contributed by atoms with Crippen molar-refractivity contribution in [1.82, 2.24) is 0 Å². The average Bonchev–Trinajstić information content (AvgIpc) is 3.08. The molecular weight excluding hydrogens is 450 g/mol. The molecule has 0 saturated carbocycles. The van der Waals surface area contributed by atoms with E-state index >= 15 is 0 Å². The molecule has 0 saturated heterocycles. The molecule has 0 radical (unpaired) electrons. The zero-order valence-electron chi connectivity index (χ0n) is 20.7. The molecule has 0 bridgehead atoms. The lowest BCUT2D eigenvalue weighted by Crippen LogP contribution is -2.19. The van der Waals surface area contributed by atoms with Gasteiger partial charge < -0.3 is 9.47 Å². The Labute approximate surface area is 211 Å². The number of ether oxygens (including phenoxy) is 2. The van der Waals surface area contributed by atoms with Gasteiger partial charge in [-0.1, -0.05) is 105 Å². The number of benzene rings is 4. The van der Waals surface area contributed by atoms with Crippen LogP contribution in [0.15, 0.2) is 91.0 Å². The minimum absolute atomic E-state index is 0.123. The smallest absolute Gasteiger partial charge is 0.214 e. The molecule has 0 aliphatic carbocycles. The summed E-state index contributed by atoms with van der Waals surface area (Å²) in [5, 5.41) is 14.0. The first kappa shape index (κ1) is 24.2. The van der Waals surface area contributed by atoms with Crippen LogP contribution in [0.4, 0.5) is 0 Å². The van der Waals surface area contributed by atoms with Crippen LogP contribution in [0, 0.1) is 10.1 Å². The molecule has 0 spiro atoms. The molecule has 0 unspecified atom stereocenters. The van der Waals surface area contributed by atoms with Crippen LogP contribution in [0.25, 0.3) is 10.8 Å². The first-order chi connectivity index (χ1) is 17.6. The molecule has 1 heterocycles. The Bertz CT molecular complexity index is 1330. The second-order valence-electron chi connectivity index (χ2n) is 9.29. The Hall–Kier alpha value is -3.54. The van der Waals surface area contributed by atoms with E-state index < -0.39 is 12.2 Å². The normalized spacial score (nSPS) is 18.9. The molecule has 36 heavy (non-hydrogen) atoms. The molecule has 4 aromatic carbocycles. The van der Waals surface area contributed by atoms with Crippen LogP contribution in [0.5, 0.6) is 0 Å². The minimum Gasteiger partial charge on any atom is -0.340 e. The quantitative estimate of drug-likeness (QED) is 0.199. The fourth-order valence-electron chi connectivity index (χ4n) is 5.46. The van der Waals surface area contributed by atoms with Crippen molar-refractivity contribution < 1.29 is 14.4 Å². The Morgan fingerprint density at radius 2 is 1.25 bits per heavy atom. The van der Waals surface area contributed by atoms with E-state index in [2.05, 4.69) is 26.0 Å². The largest absolute Gasteiger partial charge is 0.340 e. The first-order valence-electron chi connectivity index (χ1n) is 12.7. The van der Waals surface area contributed by atoms with Crippen molar-refractivity contribution in [3.05, 3.63) is 129 Å². The fraction of sp³-hybridized carbons (Fsp3) is 0.290. The zero-order valence-corrected chi connectivity index (χ0v) is 20.7. The van der Waals surface area contributed by atoms with E-state index in [1.54, 1.807) is 0 Å². The summed E-state index contributed by atoms with van der Waals surface area (Å²) in [5.74, 6) is -0.444. The molecule has 0 amide bonds. The third-order valence-electron chi connectivity index (χ3n) is 7.16. The molecule has 0 aromatic heterocycles. The molecular formula is C31H31NO4. The number of hydrogen-bond acceptors (Lipinski definition) is 4. The monoisotopic (exact) mass is 481 g/mol. The minimum atomic E-state index is -0.632. The summed E-state index contributed by atoms with van der Waals surface area (Å²) in [5.41, 5.74) is 4.96. The number of nitro groups is 1. The van der Waals surface area contributed by atoms with Gasteiger partial charge in [0, 0.05) is 10.5 Å². The summed E-state index contributed by atoms with van der Waals surface area (Å²) in [4.78, 5) is 11.7. The lowest BCUT2D eigenvalue weighted by atomic mass is 9.85. The summed E-state index contributed by atoms with van der Waals surface area (Å²) < 4.78 is 13.3. The SMILES string of the molecule is CC[C@@H]1OC(c2ccccc2[C@@H](C[N+](=O)[O-])c2cccc3ccccc23)O[C@@H](CC)c2ccccc21. The van der Waals surface area contributed by atoms with Gasteiger partial charge in [0.05, 0.1) is 18.1 Å². The summed E-state index contributed by atoms with van der Waals surface area (Å²) in [6.07, 6.45) is 0.728. The highest BCUT2D eigenvalue weighted by Gasteiger charge is 2.34. The van der Waals surface area contributed by atoms with Crippen molar-refractivity contribution in [3.63, 3.8) is 0 Å². The Kier molecular flexibility index (Phi) is 7.12. The van der Waals surface area contributed by atoms with Crippen LogP contribution >= 0.6 is 0 Å². The van der Waals surface area contributed by atoms with E-state index in [9.17, 15) is 10.1 Å². The molecule has 1 aliphatic heterocycles. The Balaban J connectivity index is 1.63. The molecule has 4 aromatic rings. The van der Waals surface area contributed by atoms with Crippen LogP contribution in [-0.2, 0) is 9.47 Å². The van der Waals surface area contributed by atoms with Crippen LogP contribution < -0.4 is 0 Å². The maximum atomic E-state index is 11.9. The predicted octanol–water partition coefficient (Wildman–Crippen LogP) is 7.90. The summed E-state index contributed by atoms with van der Waals surface area (Å²) in [6, 6.07) is 30.3. The van der Waals surface area contributed by atoms with Gasteiger partial charge in [0.1, 0.15) is 0 Å². The topological polar surface area (TPSA) is 61.6 Å². The van der Waals surface area contributed by atoms with Crippen molar-refractivity contribution >= 4 is 10.8 Å².